The normalized spacial score (nSPS) is 10.2. The Bertz CT molecular complexity index is 520. The van der Waals surface area contributed by atoms with Crippen LogP contribution in [0.4, 0.5) is 5.69 Å². The molecule has 2 rings (SSSR count). The third-order valence-corrected chi connectivity index (χ3v) is 2.32. The zero-order valence-corrected chi connectivity index (χ0v) is 9.42. The Labute approximate surface area is 98.5 Å². The van der Waals surface area contributed by atoms with Gasteiger partial charge in [0.25, 0.3) is 5.91 Å². The number of aryl methyl sites for hydroxylation is 1. The van der Waals surface area contributed by atoms with Crippen LogP contribution >= 0.6 is 0 Å². The van der Waals surface area contributed by atoms with E-state index in [1.165, 1.54) is 0 Å². The molecule has 0 saturated carbocycles. The molecule has 88 valence electrons. The first-order valence-corrected chi connectivity index (χ1v) is 5.13. The summed E-state index contributed by atoms with van der Waals surface area (Å²) in [5.41, 5.74) is 7.40. The monoisotopic (exact) mass is 231 g/mol. The molecule has 0 atom stereocenters. The first kappa shape index (κ1) is 11.1. The summed E-state index contributed by atoms with van der Waals surface area (Å²) in [5.74, 6) is -0.185. The summed E-state index contributed by atoms with van der Waals surface area (Å²) in [6, 6.07) is 5.20. The molecular weight excluding hydrogens is 218 g/mol. The van der Waals surface area contributed by atoms with E-state index >= 15 is 0 Å². The molecule has 6 nitrogen and oxygen atoms in total. The first-order chi connectivity index (χ1) is 8.16. The molecule has 0 aliphatic heterocycles. The van der Waals surface area contributed by atoms with Gasteiger partial charge >= 0.3 is 0 Å². The highest BCUT2D eigenvalue weighted by Gasteiger charge is 2.10. The van der Waals surface area contributed by atoms with Gasteiger partial charge in [0.2, 0.25) is 0 Å². The van der Waals surface area contributed by atoms with E-state index in [0.717, 1.165) is 0 Å². The molecule has 2 aromatic rings. The average molecular weight is 231 g/mol. The molecule has 0 fully saturated rings. The van der Waals surface area contributed by atoms with Crippen molar-refractivity contribution < 1.29 is 4.79 Å². The number of nitrogen functional groups attached to an aromatic ring is 1. The van der Waals surface area contributed by atoms with E-state index in [0.29, 0.717) is 23.6 Å². The second-order valence-electron chi connectivity index (χ2n) is 3.67. The number of rotatable bonds is 3. The Kier molecular flexibility index (Phi) is 3.04. The number of nitrogens with zero attached hydrogens (tertiary/aromatic N) is 3. The highest BCUT2D eigenvalue weighted by atomic mass is 16.1. The van der Waals surface area contributed by atoms with Gasteiger partial charge in [0.05, 0.1) is 17.9 Å². The van der Waals surface area contributed by atoms with Gasteiger partial charge in [-0.3, -0.25) is 4.79 Å². The van der Waals surface area contributed by atoms with Gasteiger partial charge in [-0.15, -0.1) is 0 Å². The lowest BCUT2D eigenvalue weighted by atomic mass is 10.3. The molecule has 0 bridgehead atoms. The van der Waals surface area contributed by atoms with Crippen LogP contribution in [0.1, 0.15) is 16.2 Å². The van der Waals surface area contributed by atoms with Crippen LogP contribution in [0.2, 0.25) is 0 Å². The fourth-order valence-corrected chi connectivity index (χ4v) is 1.50. The lowest BCUT2D eigenvalue weighted by Gasteiger charge is -2.04. The van der Waals surface area contributed by atoms with E-state index in [-0.39, 0.29) is 5.91 Å². The van der Waals surface area contributed by atoms with Crippen molar-refractivity contribution in [3.05, 3.63) is 42.0 Å². The maximum Gasteiger partial charge on any atom is 0.268 e. The Morgan fingerprint density at radius 2 is 2.41 bits per heavy atom. The molecule has 0 aliphatic carbocycles. The zero-order valence-electron chi connectivity index (χ0n) is 9.42. The number of hydrogen-bond acceptors (Lipinski definition) is 4. The van der Waals surface area contributed by atoms with E-state index in [1.807, 2.05) is 0 Å². The second-order valence-corrected chi connectivity index (χ2v) is 3.67. The van der Waals surface area contributed by atoms with Crippen molar-refractivity contribution in [2.24, 2.45) is 7.05 Å². The topological polar surface area (TPSA) is 85.8 Å². The molecule has 17 heavy (non-hydrogen) atoms. The van der Waals surface area contributed by atoms with Crippen LogP contribution in [0.15, 0.2) is 30.6 Å². The van der Waals surface area contributed by atoms with Crippen molar-refractivity contribution in [1.29, 1.82) is 0 Å². The van der Waals surface area contributed by atoms with E-state index in [2.05, 4.69) is 15.5 Å². The minimum Gasteiger partial charge on any atom is -0.397 e. The quantitative estimate of drug-likeness (QED) is 0.797. The number of carbonyl (C=O) groups is 1. The highest BCUT2D eigenvalue weighted by molar-refractivity contribution is 5.93. The molecule has 3 N–H and O–H groups in total. The SMILES string of the molecule is Cn1cc(N)cc1C(=O)NCc1cccnn1. The Morgan fingerprint density at radius 1 is 1.59 bits per heavy atom. The summed E-state index contributed by atoms with van der Waals surface area (Å²) >= 11 is 0. The minimum atomic E-state index is -0.185. The van der Waals surface area contributed by atoms with E-state index < -0.39 is 0 Å². The molecule has 0 aliphatic rings. The summed E-state index contributed by atoms with van der Waals surface area (Å²) < 4.78 is 1.68. The fraction of sp³-hybridized carbons (Fsp3) is 0.182. The number of carbonyl (C=O) groups excluding carboxylic acids is 1. The molecule has 1 amide bonds. The molecule has 0 spiro atoms. The van der Waals surface area contributed by atoms with Crippen LogP contribution in [-0.2, 0) is 13.6 Å². The molecule has 6 heteroatoms. The number of hydrogen-bond donors (Lipinski definition) is 2. The van der Waals surface area contributed by atoms with Gasteiger partial charge in [-0.1, -0.05) is 0 Å². The highest BCUT2D eigenvalue weighted by Crippen LogP contribution is 2.08. The number of aromatic nitrogens is 3. The summed E-state index contributed by atoms with van der Waals surface area (Å²) in [6.45, 7) is 0.345. The van der Waals surface area contributed by atoms with Crippen LogP contribution < -0.4 is 11.1 Å². The number of nitrogens with one attached hydrogen (secondary N) is 1. The fourth-order valence-electron chi connectivity index (χ4n) is 1.50. The van der Waals surface area contributed by atoms with Gasteiger partial charge in [-0.05, 0) is 18.2 Å². The molecule has 0 aromatic carbocycles. The minimum absolute atomic E-state index is 0.185. The molecule has 0 radical (unpaired) electrons. The summed E-state index contributed by atoms with van der Waals surface area (Å²) in [6.07, 6.45) is 3.28. The van der Waals surface area contributed by atoms with Crippen molar-refractivity contribution in [2.75, 3.05) is 5.73 Å². The second kappa shape index (κ2) is 4.65. The number of amides is 1. The van der Waals surface area contributed by atoms with E-state index in [1.54, 1.807) is 42.2 Å². The zero-order chi connectivity index (χ0) is 12.3. The molecule has 2 aromatic heterocycles. The van der Waals surface area contributed by atoms with Gasteiger partial charge < -0.3 is 15.6 Å². The van der Waals surface area contributed by atoms with Gasteiger partial charge in [-0.25, -0.2) is 0 Å². The lowest BCUT2D eigenvalue weighted by molar-refractivity contribution is 0.0942. The predicted octanol–water partition coefficient (Wildman–Crippen LogP) is 0.327. The van der Waals surface area contributed by atoms with Gasteiger partial charge in [0.1, 0.15) is 5.69 Å². The summed E-state index contributed by atoms with van der Waals surface area (Å²) in [4.78, 5) is 11.8. The molecule has 2 heterocycles. The van der Waals surface area contributed by atoms with Crippen LogP contribution in [0.5, 0.6) is 0 Å². The van der Waals surface area contributed by atoms with Gasteiger partial charge in [0, 0.05) is 19.4 Å². The summed E-state index contributed by atoms with van der Waals surface area (Å²) in [7, 11) is 1.77. The van der Waals surface area contributed by atoms with E-state index in [9.17, 15) is 4.79 Å². The standard InChI is InChI=1S/C11H13N5O/c1-16-7-8(12)5-10(16)11(17)13-6-9-3-2-4-14-15-9/h2-5,7H,6,12H2,1H3,(H,13,17). The maximum absolute atomic E-state index is 11.8. The predicted molar refractivity (Wildman–Crippen MR) is 63.0 cm³/mol. The van der Waals surface area contributed by atoms with Gasteiger partial charge in [-0.2, -0.15) is 10.2 Å². The van der Waals surface area contributed by atoms with Crippen LogP contribution in [-0.4, -0.2) is 20.7 Å². The Balaban J connectivity index is 2.01. The largest absolute Gasteiger partial charge is 0.397 e. The van der Waals surface area contributed by atoms with Crippen molar-refractivity contribution in [3.8, 4) is 0 Å². The maximum atomic E-state index is 11.8. The Hall–Kier alpha value is -2.37. The third kappa shape index (κ3) is 2.60. The van der Waals surface area contributed by atoms with Crippen molar-refractivity contribution in [2.45, 2.75) is 6.54 Å². The Morgan fingerprint density at radius 3 is 3.00 bits per heavy atom. The lowest BCUT2D eigenvalue weighted by Crippen LogP contribution is -2.25. The van der Waals surface area contributed by atoms with Crippen LogP contribution in [0.3, 0.4) is 0 Å². The van der Waals surface area contributed by atoms with E-state index in [4.69, 9.17) is 5.73 Å². The first-order valence-electron chi connectivity index (χ1n) is 5.13. The molecular formula is C11H13N5O. The smallest absolute Gasteiger partial charge is 0.268 e. The third-order valence-electron chi connectivity index (χ3n) is 2.32. The number of nitrogens with two attached hydrogens (primary N) is 1. The van der Waals surface area contributed by atoms with Gasteiger partial charge in [0.15, 0.2) is 0 Å². The molecule has 0 unspecified atom stereocenters. The molecule has 0 saturated heterocycles. The summed E-state index contributed by atoms with van der Waals surface area (Å²) in [5, 5.41) is 10.4. The van der Waals surface area contributed by atoms with Crippen LogP contribution in [0, 0.1) is 0 Å². The van der Waals surface area contributed by atoms with Crippen molar-refractivity contribution >= 4 is 11.6 Å². The van der Waals surface area contributed by atoms with Crippen LogP contribution in [0.25, 0.3) is 0 Å². The van der Waals surface area contributed by atoms with Crippen molar-refractivity contribution in [3.63, 3.8) is 0 Å². The average Bonchev–Trinajstić information content (AvgIpc) is 2.67. The van der Waals surface area contributed by atoms with Crippen molar-refractivity contribution in [1.82, 2.24) is 20.1 Å². The number of anilines is 1.